The van der Waals surface area contributed by atoms with Gasteiger partial charge in [0.1, 0.15) is 0 Å². The second kappa shape index (κ2) is 8.62. The highest BCUT2D eigenvalue weighted by atomic mass is 16.3. The van der Waals surface area contributed by atoms with E-state index in [4.69, 9.17) is 5.11 Å². The lowest BCUT2D eigenvalue weighted by Gasteiger charge is -2.02. The molecule has 0 aliphatic rings. The number of hydrogen-bond donors (Lipinski definition) is 1. The molecule has 0 spiro atoms. The molecule has 0 heterocycles. The molecule has 1 heteroatoms. The molecule has 1 nitrogen and oxygen atoms in total. The van der Waals surface area contributed by atoms with Gasteiger partial charge in [-0.2, -0.15) is 0 Å². The predicted molar refractivity (Wildman–Crippen MR) is 52.8 cm³/mol. The molecule has 0 saturated carbocycles. The molecule has 0 radical (unpaired) electrons. The average Bonchev–Trinajstić information content (AvgIpc) is 2.02. The van der Waals surface area contributed by atoms with Crippen molar-refractivity contribution in [1.82, 2.24) is 0 Å². The number of aliphatic hydroxyl groups is 1. The highest BCUT2D eigenvalue weighted by Crippen LogP contribution is 2.06. The van der Waals surface area contributed by atoms with Crippen LogP contribution in [0, 0.1) is 11.8 Å². The van der Waals surface area contributed by atoms with E-state index in [0.717, 1.165) is 19.3 Å². The smallest absolute Gasteiger partial charge is 0.0512 e. The summed E-state index contributed by atoms with van der Waals surface area (Å²) in [5.41, 5.74) is 0. The lowest BCUT2D eigenvalue weighted by atomic mass is 10.1. The highest BCUT2D eigenvalue weighted by Gasteiger charge is 1.94. The summed E-state index contributed by atoms with van der Waals surface area (Å²) in [5, 5.41) is 8.97. The van der Waals surface area contributed by atoms with Crippen molar-refractivity contribution in [3.05, 3.63) is 0 Å². The maximum absolute atomic E-state index is 8.97. The van der Waals surface area contributed by atoms with Crippen molar-refractivity contribution < 1.29 is 5.11 Å². The average molecular weight is 168 g/mol. The molecule has 0 unspecified atom stereocenters. The first-order chi connectivity index (χ1) is 5.77. The summed E-state index contributed by atoms with van der Waals surface area (Å²) in [7, 11) is 0. The third kappa shape index (κ3) is 9.52. The Balaban J connectivity index is 2.94. The molecule has 70 valence electrons. The summed E-state index contributed by atoms with van der Waals surface area (Å²) in [5.74, 6) is 5.94. The van der Waals surface area contributed by atoms with Gasteiger partial charge >= 0.3 is 0 Å². The topological polar surface area (TPSA) is 20.2 Å². The van der Waals surface area contributed by atoms with Gasteiger partial charge in [-0.05, 0) is 26.7 Å². The van der Waals surface area contributed by atoms with Crippen molar-refractivity contribution in [2.24, 2.45) is 0 Å². The summed E-state index contributed by atoms with van der Waals surface area (Å²) in [4.78, 5) is 0. The lowest BCUT2D eigenvalue weighted by Crippen LogP contribution is -1.98. The van der Waals surface area contributed by atoms with E-state index >= 15 is 0 Å². The largest absolute Gasteiger partial charge is 0.393 e. The monoisotopic (exact) mass is 168 g/mol. The maximum Gasteiger partial charge on any atom is 0.0512 e. The van der Waals surface area contributed by atoms with Gasteiger partial charge in [0, 0.05) is 6.42 Å². The fraction of sp³-hybridized carbons (Fsp3) is 0.818. The van der Waals surface area contributed by atoms with E-state index in [1.807, 2.05) is 13.8 Å². The van der Waals surface area contributed by atoms with Crippen molar-refractivity contribution in [3.63, 3.8) is 0 Å². The minimum Gasteiger partial charge on any atom is -0.393 e. The van der Waals surface area contributed by atoms with Crippen LogP contribution >= 0.6 is 0 Å². The van der Waals surface area contributed by atoms with Crippen LogP contribution in [0.15, 0.2) is 0 Å². The minimum absolute atomic E-state index is 0.125. The fourth-order valence-corrected chi connectivity index (χ4v) is 1.13. The number of aliphatic hydroxyl groups excluding tert-OH is 1. The van der Waals surface area contributed by atoms with Gasteiger partial charge in [-0.15, -0.1) is 11.8 Å². The van der Waals surface area contributed by atoms with Gasteiger partial charge in [0.15, 0.2) is 0 Å². The lowest BCUT2D eigenvalue weighted by molar-refractivity contribution is 0.180. The molecule has 0 rings (SSSR count). The Hall–Kier alpha value is -0.480. The van der Waals surface area contributed by atoms with Crippen LogP contribution in [0.25, 0.3) is 0 Å². The Morgan fingerprint density at radius 2 is 1.83 bits per heavy atom. The molecule has 0 aromatic rings. The minimum atomic E-state index is -0.125. The molecule has 0 saturated heterocycles. The second-order valence-corrected chi connectivity index (χ2v) is 3.23. The van der Waals surface area contributed by atoms with Crippen LogP contribution in [0.1, 0.15) is 52.4 Å². The Kier molecular flexibility index (Phi) is 8.27. The molecule has 0 bridgehead atoms. The van der Waals surface area contributed by atoms with Gasteiger partial charge in [-0.25, -0.2) is 0 Å². The second-order valence-electron chi connectivity index (χ2n) is 3.23. The van der Waals surface area contributed by atoms with Crippen molar-refractivity contribution in [2.45, 2.75) is 58.5 Å². The molecule has 12 heavy (non-hydrogen) atoms. The third-order valence-electron chi connectivity index (χ3n) is 1.85. The van der Waals surface area contributed by atoms with Crippen LogP contribution in [0.2, 0.25) is 0 Å². The van der Waals surface area contributed by atoms with E-state index in [2.05, 4.69) is 11.8 Å². The molecular formula is C11H20O. The molecule has 0 aliphatic heterocycles. The van der Waals surface area contributed by atoms with E-state index in [1.165, 1.54) is 19.3 Å². The van der Waals surface area contributed by atoms with Gasteiger partial charge in [-0.1, -0.05) is 19.3 Å². The molecule has 0 amide bonds. The van der Waals surface area contributed by atoms with Gasteiger partial charge in [0.25, 0.3) is 0 Å². The van der Waals surface area contributed by atoms with Crippen molar-refractivity contribution >= 4 is 0 Å². The summed E-state index contributed by atoms with van der Waals surface area (Å²) < 4.78 is 0. The summed E-state index contributed by atoms with van der Waals surface area (Å²) >= 11 is 0. The summed E-state index contributed by atoms with van der Waals surface area (Å²) in [6.45, 7) is 3.73. The van der Waals surface area contributed by atoms with Crippen LogP contribution in [-0.2, 0) is 0 Å². The zero-order valence-electron chi connectivity index (χ0n) is 8.27. The first-order valence-electron chi connectivity index (χ1n) is 4.85. The van der Waals surface area contributed by atoms with Crippen molar-refractivity contribution in [3.8, 4) is 11.8 Å². The maximum atomic E-state index is 8.97. The molecule has 1 atom stereocenters. The van der Waals surface area contributed by atoms with Crippen LogP contribution in [0.3, 0.4) is 0 Å². The molecule has 0 aromatic heterocycles. The first-order valence-corrected chi connectivity index (χ1v) is 4.85. The molecule has 0 aliphatic carbocycles. The van der Waals surface area contributed by atoms with Crippen LogP contribution in [-0.4, -0.2) is 11.2 Å². The first kappa shape index (κ1) is 11.5. The summed E-state index contributed by atoms with van der Waals surface area (Å²) in [6, 6.07) is 0. The van der Waals surface area contributed by atoms with E-state index < -0.39 is 0 Å². The Morgan fingerprint density at radius 1 is 1.17 bits per heavy atom. The summed E-state index contributed by atoms with van der Waals surface area (Å²) in [6.07, 6.45) is 6.70. The Morgan fingerprint density at radius 3 is 2.42 bits per heavy atom. The zero-order chi connectivity index (χ0) is 9.23. The molecule has 1 N–H and O–H groups in total. The fourth-order valence-electron chi connectivity index (χ4n) is 1.13. The van der Waals surface area contributed by atoms with Gasteiger partial charge < -0.3 is 5.11 Å². The molecule has 0 fully saturated rings. The number of unbranched alkanes of at least 4 members (excludes halogenated alkanes) is 4. The quantitative estimate of drug-likeness (QED) is 0.477. The van der Waals surface area contributed by atoms with Gasteiger partial charge in [0.2, 0.25) is 0 Å². The van der Waals surface area contributed by atoms with E-state index in [-0.39, 0.29) is 6.10 Å². The molecule has 0 aromatic carbocycles. The Bertz CT molecular complexity index is 139. The van der Waals surface area contributed by atoms with Crippen LogP contribution in [0.4, 0.5) is 0 Å². The van der Waals surface area contributed by atoms with Crippen molar-refractivity contribution in [2.75, 3.05) is 0 Å². The number of hydrogen-bond acceptors (Lipinski definition) is 1. The van der Waals surface area contributed by atoms with Crippen LogP contribution < -0.4 is 0 Å². The number of rotatable bonds is 6. The normalized spacial score (nSPS) is 11.9. The highest BCUT2D eigenvalue weighted by molar-refractivity contribution is 4.94. The van der Waals surface area contributed by atoms with Crippen LogP contribution in [0.5, 0.6) is 0 Å². The van der Waals surface area contributed by atoms with Crippen molar-refractivity contribution in [1.29, 1.82) is 0 Å². The predicted octanol–water partition coefficient (Wildman–Crippen LogP) is 2.73. The molecular weight excluding hydrogens is 148 g/mol. The zero-order valence-corrected chi connectivity index (χ0v) is 8.27. The van der Waals surface area contributed by atoms with E-state index in [9.17, 15) is 0 Å². The van der Waals surface area contributed by atoms with E-state index in [1.54, 1.807) is 0 Å². The SMILES string of the molecule is CC#CCCCCCC[C@H](C)O. The van der Waals surface area contributed by atoms with Gasteiger partial charge in [0.05, 0.1) is 6.10 Å². The third-order valence-corrected chi connectivity index (χ3v) is 1.85. The van der Waals surface area contributed by atoms with Gasteiger partial charge in [-0.3, -0.25) is 0 Å². The van der Waals surface area contributed by atoms with E-state index in [0.29, 0.717) is 0 Å². The Labute approximate surface area is 76.2 Å². The standard InChI is InChI=1S/C11H20O/c1-3-4-5-6-7-8-9-10-11(2)12/h11-12H,5-10H2,1-2H3/t11-/m0/s1.